The van der Waals surface area contributed by atoms with E-state index in [1.54, 1.807) is 0 Å². The lowest BCUT2D eigenvalue weighted by atomic mass is 10.1. The average molecular weight is 284 g/mol. The van der Waals surface area contributed by atoms with Gasteiger partial charge in [-0.3, -0.25) is 5.43 Å². The first-order chi connectivity index (χ1) is 9.43. The summed E-state index contributed by atoms with van der Waals surface area (Å²) in [4.78, 5) is 0. The van der Waals surface area contributed by atoms with Gasteiger partial charge in [-0.2, -0.15) is 0 Å². The Hall–Kier alpha value is -2.39. The molecule has 0 unspecified atom stereocenters. The van der Waals surface area contributed by atoms with E-state index in [1.165, 1.54) is 5.39 Å². The molecule has 0 bridgehead atoms. The van der Waals surface area contributed by atoms with Crippen LogP contribution in [-0.2, 0) is 0 Å². The summed E-state index contributed by atoms with van der Waals surface area (Å²) in [5, 5.41) is 10.5. The Morgan fingerprint density at radius 2 is 1.40 bits per heavy atom. The third-order valence-corrected chi connectivity index (χ3v) is 2.88. The number of nitrogens with one attached hydrogen (secondary N) is 1. The van der Waals surface area contributed by atoms with Crippen molar-refractivity contribution in [3.8, 4) is 0 Å². The molecule has 4 heteroatoms. The van der Waals surface area contributed by atoms with Crippen LogP contribution in [0, 0.1) is 0 Å². The maximum atomic E-state index is 4.24. The zero-order valence-electron chi connectivity index (χ0n) is 10.7. The topological polar surface area (TPSA) is 36.8 Å². The Balaban J connectivity index is 0.00000147. The average Bonchev–Trinajstić information content (AvgIpc) is 2.49. The lowest BCUT2D eigenvalue weighted by Crippen LogP contribution is -1.84. The molecule has 100 valence electrons. The molecule has 0 radical (unpaired) electrons. The molecular weight excluding hydrogens is 270 g/mol. The first-order valence-corrected chi connectivity index (χ1v) is 6.13. The van der Waals surface area contributed by atoms with Gasteiger partial charge in [0.25, 0.3) is 0 Å². The van der Waals surface area contributed by atoms with E-state index >= 15 is 0 Å². The fourth-order valence-corrected chi connectivity index (χ4v) is 1.94. The molecule has 3 aromatic rings. The first-order valence-electron chi connectivity index (χ1n) is 6.13. The Labute approximate surface area is 123 Å². The Morgan fingerprint density at radius 3 is 2.25 bits per heavy atom. The van der Waals surface area contributed by atoms with Crippen molar-refractivity contribution >= 4 is 34.6 Å². The van der Waals surface area contributed by atoms with E-state index in [4.69, 9.17) is 0 Å². The maximum Gasteiger partial charge on any atom is 0.0952 e. The lowest BCUT2D eigenvalue weighted by molar-refractivity contribution is 1.14. The summed E-state index contributed by atoms with van der Waals surface area (Å²) >= 11 is 0. The maximum absolute atomic E-state index is 4.24. The van der Waals surface area contributed by atoms with E-state index in [-0.39, 0.29) is 12.4 Å². The van der Waals surface area contributed by atoms with Crippen LogP contribution in [0.2, 0.25) is 0 Å². The highest BCUT2D eigenvalue weighted by atomic mass is 35.5. The molecule has 1 N–H and O–H groups in total. The van der Waals surface area contributed by atoms with E-state index in [1.807, 2.05) is 60.7 Å². The van der Waals surface area contributed by atoms with Gasteiger partial charge < -0.3 is 0 Å². The van der Waals surface area contributed by atoms with Gasteiger partial charge in [0.1, 0.15) is 0 Å². The molecule has 0 amide bonds. The van der Waals surface area contributed by atoms with Crippen LogP contribution in [0.1, 0.15) is 0 Å². The van der Waals surface area contributed by atoms with Gasteiger partial charge in [0.15, 0.2) is 0 Å². The molecule has 0 fully saturated rings. The van der Waals surface area contributed by atoms with Crippen LogP contribution < -0.4 is 5.43 Å². The number of para-hydroxylation sites is 1. The summed E-state index contributed by atoms with van der Waals surface area (Å²) in [6, 6.07) is 23.9. The summed E-state index contributed by atoms with van der Waals surface area (Å²) in [6.07, 6.45) is 0. The zero-order valence-corrected chi connectivity index (χ0v) is 11.5. The molecule has 0 spiro atoms. The van der Waals surface area contributed by atoms with Crippen molar-refractivity contribution in [2.45, 2.75) is 0 Å². The summed E-state index contributed by atoms with van der Waals surface area (Å²) in [5.41, 5.74) is 4.70. The summed E-state index contributed by atoms with van der Waals surface area (Å²) in [5.74, 6) is 0. The van der Waals surface area contributed by atoms with Crippen LogP contribution >= 0.6 is 12.4 Å². The normalized spacial score (nSPS) is 10.4. The smallest absolute Gasteiger partial charge is 0.0952 e. The van der Waals surface area contributed by atoms with Crippen molar-refractivity contribution in [3.05, 3.63) is 72.8 Å². The molecule has 20 heavy (non-hydrogen) atoms. The molecule has 0 aliphatic heterocycles. The van der Waals surface area contributed by atoms with Gasteiger partial charge in [0.05, 0.1) is 11.4 Å². The Bertz CT molecular complexity index is 706. The standard InChI is InChI=1S/C16H13N3.ClH/c1-2-9-14(10-3-1)17-19-18-16-12-6-8-13-7-4-5-11-15(13)16;/h1-12H,(H,17,18);1H. The minimum atomic E-state index is 0. The van der Waals surface area contributed by atoms with Crippen molar-refractivity contribution in [3.63, 3.8) is 0 Å². The highest BCUT2D eigenvalue weighted by Crippen LogP contribution is 2.25. The molecular formula is C16H14ClN3. The third-order valence-electron chi connectivity index (χ3n) is 2.88. The second-order valence-corrected chi connectivity index (χ2v) is 4.18. The molecule has 3 nitrogen and oxygen atoms in total. The highest BCUT2D eigenvalue weighted by Gasteiger charge is 1.97. The van der Waals surface area contributed by atoms with Crippen LogP contribution in [0.4, 0.5) is 11.4 Å². The van der Waals surface area contributed by atoms with Crippen molar-refractivity contribution in [1.29, 1.82) is 0 Å². The second-order valence-electron chi connectivity index (χ2n) is 4.18. The van der Waals surface area contributed by atoms with E-state index < -0.39 is 0 Å². The van der Waals surface area contributed by atoms with Crippen LogP contribution in [0.25, 0.3) is 10.8 Å². The Kier molecular flexibility index (Phi) is 4.69. The van der Waals surface area contributed by atoms with Gasteiger partial charge in [-0.05, 0) is 23.6 Å². The van der Waals surface area contributed by atoms with Gasteiger partial charge in [-0.25, -0.2) is 0 Å². The van der Waals surface area contributed by atoms with E-state index in [9.17, 15) is 0 Å². The van der Waals surface area contributed by atoms with Gasteiger partial charge in [-0.15, -0.1) is 17.5 Å². The van der Waals surface area contributed by atoms with Crippen LogP contribution in [0.15, 0.2) is 83.1 Å². The number of fused-ring (bicyclic) bond motifs is 1. The SMILES string of the molecule is Cl.c1ccc(NN=Nc2cccc3ccccc23)cc1. The first kappa shape index (κ1) is 14.0. The molecule has 0 heterocycles. The fourth-order valence-electron chi connectivity index (χ4n) is 1.94. The summed E-state index contributed by atoms with van der Waals surface area (Å²) < 4.78 is 0. The van der Waals surface area contributed by atoms with Crippen LogP contribution in [0.5, 0.6) is 0 Å². The minimum Gasteiger partial charge on any atom is -0.260 e. The van der Waals surface area contributed by atoms with Gasteiger partial charge in [0.2, 0.25) is 0 Å². The molecule has 0 aromatic heterocycles. The van der Waals surface area contributed by atoms with Crippen molar-refractivity contribution < 1.29 is 0 Å². The highest BCUT2D eigenvalue weighted by molar-refractivity contribution is 5.92. The number of benzene rings is 3. The predicted molar refractivity (Wildman–Crippen MR) is 85.8 cm³/mol. The van der Waals surface area contributed by atoms with E-state index in [0.717, 1.165) is 16.8 Å². The summed E-state index contributed by atoms with van der Waals surface area (Å²) in [6.45, 7) is 0. The Morgan fingerprint density at radius 1 is 0.700 bits per heavy atom. The number of anilines is 1. The van der Waals surface area contributed by atoms with Gasteiger partial charge in [0, 0.05) is 5.39 Å². The largest absolute Gasteiger partial charge is 0.260 e. The molecule has 3 rings (SSSR count). The fraction of sp³-hybridized carbons (Fsp3) is 0. The molecule has 0 saturated carbocycles. The lowest BCUT2D eigenvalue weighted by Gasteiger charge is -2.01. The van der Waals surface area contributed by atoms with Crippen molar-refractivity contribution in [2.24, 2.45) is 10.3 Å². The number of hydrogen-bond acceptors (Lipinski definition) is 2. The van der Waals surface area contributed by atoms with Crippen LogP contribution in [-0.4, -0.2) is 0 Å². The van der Waals surface area contributed by atoms with E-state index in [2.05, 4.69) is 27.9 Å². The number of rotatable bonds is 3. The number of hydrogen-bond donors (Lipinski definition) is 1. The second kappa shape index (κ2) is 6.68. The monoisotopic (exact) mass is 283 g/mol. The number of nitrogens with zero attached hydrogens (tertiary/aromatic N) is 2. The predicted octanol–water partition coefficient (Wildman–Crippen LogP) is 5.37. The minimum absolute atomic E-state index is 0. The van der Waals surface area contributed by atoms with Crippen molar-refractivity contribution in [1.82, 2.24) is 0 Å². The molecule has 0 aliphatic carbocycles. The molecule has 0 saturated heterocycles. The zero-order chi connectivity index (χ0) is 12.9. The molecule has 0 aliphatic rings. The summed E-state index contributed by atoms with van der Waals surface area (Å²) in [7, 11) is 0. The van der Waals surface area contributed by atoms with E-state index in [0.29, 0.717) is 0 Å². The molecule has 3 aromatic carbocycles. The van der Waals surface area contributed by atoms with Gasteiger partial charge >= 0.3 is 0 Å². The van der Waals surface area contributed by atoms with Gasteiger partial charge in [-0.1, -0.05) is 59.8 Å². The quantitative estimate of drug-likeness (QED) is 0.509. The van der Waals surface area contributed by atoms with Crippen LogP contribution in [0.3, 0.4) is 0 Å². The number of halogens is 1. The molecule has 0 atom stereocenters. The van der Waals surface area contributed by atoms with Crippen molar-refractivity contribution in [2.75, 3.05) is 5.43 Å². The third kappa shape index (κ3) is 3.13.